The average molecular weight is 258 g/mol. The Kier molecular flexibility index (Phi) is 4.11. The molecule has 0 aliphatic rings. The van der Waals surface area contributed by atoms with Crippen LogP contribution in [0.4, 0.5) is 0 Å². The third kappa shape index (κ3) is 2.56. The third-order valence-electron chi connectivity index (χ3n) is 2.73. The van der Waals surface area contributed by atoms with Crippen LogP contribution in [-0.2, 0) is 6.54 Å². The SMILES string of the molecule is COc1ccccc1-c1c(C#N)nnn1CCCO. The van der Waals surface area contributed by atoms with Crippen molar-refractivity contribution >= 4 is 0 Å². The van der Waals surface area contributed by atoms with E-state index in [0.29, 0.717) is 24.4 Å². The summed E-state index contributed by atoms with van der Waals surface area (Å²) in [6.07, 6.45) is 0.552. The van der Waals surface area contributed by atoms with E-state index in [9.17, 15) is 0 Å². The van der Waals surface area contributed by atoms with Crippen molar-refractivity contribution in [3.8, 4) is 23.1 Å². The van der Waals surface area contributed by atoms with Gasteiger partial charge in [-0.25, -0.2) is 4.68 Å². The van der Waals surface area contributed by atoms with Crippen molar-refractivity contribution in [3.63, 3.8) is 0 Å². The molecule has 1 aromatic heterocycles. The number of aliphatic hydroxyl groups is 1. The van der Waals surface area contributed by atoms with Gasteiger partial charge in [0.15, 0.2) is 5.69 Å². The Morgan fingerprint density at radius 1 is 1.42 bits per heavy atom. The zero-order chi connectivity index (χ0) is 13.7. The summed E-state index contributed by atoms with van der Waals surface area (Å²) in [4.78, 5) is 0. The summed E-state index contributed by atoms with van der Waals surface area (Å²) >= 11 is 0. The number of methoxy groups -OCH3 is 1. The van der Waals surface area contributed by atoms with Gasteiger partial charge < -0.3 is 9.84 Å². The minimum atomic E-state index is 0.0626. The van der Waals surface area contributed by atoms with Crippen molar-refractivity contribution in [3.05, 3.63) is 30.0 Å². The molecule has 0 unspecified atom stereocenters. The minimum Gasteiger partial charge on any atom is -0.496 e. The summed E-state index contributed by atoms with van der Waals surface area (Å²) in [5.41, 5.74) is 1.64. The van der Waals surface area contributed by atoms with E-state index in [1.165, 1.54) is 0 Å². The van der Waals surface area contributed by atoms with Gasteiger partial charge in [-0.1, -0.05) is 17.3 Å². The van der Waals surface area contributed by atoms with Gasteiger partial charge in [-0.3, -0.25) is 0 Å². The molecule has 1 N–H and O–H groups in total. The van der Waals surface area contributed by atoms with E-state index in [1.807, 2.05) is 30.3 Å². The van der Waals surface area contributed by atoms with Crippen molar-refractivity contribution in [1.29, 1.82) is 5.26 Å². The number of para-hydroxylation sites is 1. The van der Waals surface area contributed by atoms with Gasteiger partial charge in [-0.2, -0.15) is 5.26 Å². The first kappa shape index (κ1) is 13.1. The van der Waals surface area contributed by atoms with Crippen molar-refractivity contribution in [2.75, 3.05) is 13.7 Å². The Balaban J connectivity index is 2.53. The molecule has 2 aromatic rings. The van der Waals surface area contributed by atoms with E-state index in [2.05, 4.69) is 10.3 Å². The van der Waals surface area contributed by atoms with E-state index in [0.717, 1.165) is 5.56 Å². The average Bonchev–Trinajstić information content (AvgIpc) is 2.87. The standard InChI is InChI=1S/C13H14N4O2/c1-19-12-6-3-2-5-10(12)13-11(9-14)15-16-17(13)7-4-8-18/h2-3,5-6,18H,4,7-8H2,1H3. The number of aryl methyl sites for hydroxylation is 1. The van der Waals surface area contributed by atoms with Gasteiger partial charge in [-0.15, -0.1) is 5.10 Å². The van der Waals surface area contributed by atoms with Crippen LogP contribution in [0.25, 0.3) is 11.3 Å². The zero-order valence-corrected chi connectivity index (χ0v) is 10.6. The first-order chi connectivity index (χ1) is 9.31. The van der Waals surface area contributed by atoms with E-state index in [1.54, 1.807) is 11.8 Å². The molecule has 19 heavy (non-hydrogen) atoms. The summed E-state index contributed by atoms with van der Waals surface area (Å²) in [6.45, 7) is 0.561. The molecule has 1 heterocycles. The van der Waals surface area contributed by atoms with Gasteiger partial charge in [-0.05, 0) is 18.6 Å². The van der Waals surface area contributed by atoms with Crippen molar-refractivity contribution in [2.45, 2.75) is 13.0 Å². The number of ether oxygens (including phenoxy) is 1. The maximum Gasteiger partial charge on any atom is 0.190 e. The van der Waals surface area contributed by atoms with Gasteiger partial charge in [0.25, 0.3) is 0 Å². The highest BCUT2D eigenvalue weighted by atomic mass is 16.5. The molecule has 0 aliphatic carbocycles. The Bertz CT molecular complexity index is 601. The predicted molar refractivity (Wildman–Crippen MR) is 68.4 cm³/mol. The minimum absolute atomic E-state index is 0.0626. The third-order valence-corrected chi connectivity index (χ3v) is 2.73. The monoisotopic (exact) mass is 258 g/mol. The molecular weight excluding hydrogens is 244 g/mol. The van der Waals surface area contributed by atoms with Gasteiger partial charge in [0.1, 0.15) is 17.5 Å². The normalized spacial score (nSPS) is 10.2. The first-order valence-corrected chi connectivity index (χ1v) is 5.89. The zero-order valence-electron chi connectivity index (χ0n) is 10.6. The van der Waals surface area contributed by atoms with Gasteiger partial charge >= 0.3 is 0 Å². The molecule has 6 heteroatoms. The number of benzene rings is 1. The van der Waals surface area contributed by atoms with Gasteiger partial charge in [0.2, 0.25) is 0 Å². The smallest absolute Gasteiger partial charge is 0.190 e. The molecule has 0 bridgehead atoms. The number of aliphatic hydroxyl groups excluding tert-OH is 1. The van der Waals surface area contributed by atoms with E-state index < -0.39 is 0 Å². The molecule has 0 atom stereocenters. The van der Waals surface area contributed by atoms with Crippen LogP contribution in [0.15, 0.2) is 24.3 Å². The lowest BCUT2D eigenvalue weighted by molar-refractivity contribution is 0.276. The highest BCUT2D eigenvalue weighted by Gasteiger charge is 2.17. The van der Waals surface area contributed by atoms with Crippen molar-refractivity contribution in [1.82, 2.24) is 15.0 Å². The Morgan fingerprint density at radius 2 is 2.21 bits per heavy atom. The molecule has 0 fully saturated rings. The maximum atomic E-state index is 9.13. The summed E-state index contributed by atoms with van der Waals surface area (Å²) in [6, 6.07) is 9.42. The molecule has 0 radical (unpaired) electrons. The quantitative estimate of drug-likeness (QED) is 0.871. The van der Waals surface area contributed by atoms with Crippen LogP contribution in [0.3, 0.4) is 0 Å². The van der Waals surface area contributed by atoms with Crippen LogP contribution >= 0.6 is 0 Å². The van der Waals surface area contributed by atoms with Gasteiger partial charge in [0, 0.05) is 18.7 Å². The maximum absolute atomic E-state index is 9.13. The first-order valence-electron chi connectivity index (χ1n) is 5.89. The number of rotatable bonds is 5. The van der Waals surface area contributed by atoms with Crippen LogP contribution in [0.1, 0.15) is 12.1 Å². The number of aromatic nitrogens is 3. The molecule has 0 saturated carbocycles. The molecule has 0 aliphatic heterocycles. The largest absolute Gasteiger partial charge is 0.496 e. The van der Waals surface area contributed by atoms with E-state index in [4.69, 9.17) is 15.1 Å². The lowest BCUT2D eigenvalue weighted by Gasteiger charge is -2.09. The van der Waals surface area contributed by atoms with E-state index in [-0.39, 0.29) is 12.3 Å². The molecule has 0 spiro atoms. The fraction of sp³-hybridized carbons (Fsp3) is 0.308. The number of nitrogens with zero attached hydrogens (tertiary/aromatic N) is 4. The Morgan fingerprint density at radius 3 is 2.89 bits per heavy atom. The molecule has 2 rings (SSSR count). The van der Waals surface area contributed by atoms with Crippen LogP contribution in [0.5, 0.6) is 5.75 Å². The second kappa shape index (κ2) is 5.98. The molecule has 0 amide bonds. The Labute approximate surface area is 110 Å². The van der Waals surface area contributed by atoms with Crippen LogP contribution in [-0.4, -0.2) is 33.8 Å². The fourth-order valence-corrected chi connectivity index (χ4v) is 1.87. The number of hydrogen-bond acceptors (Lipinski definition) is 5. The highest BCUT2D eigenvalue weighted by molar-refractivity contribution is 5.71. The van der Waals surface area contributed by atoms with Gasteiger partial charge in [0.05, 0.1) is 7.11 Å². The lowest BCUT2D eigenvalue weighted by atomic mass is 10.1. The van der Waals surface area contributed by atoms with Crippen molar-refractivity contribution in [2.24, 2.45) is 0 Å². The fourth-order valence-electron chi connectivity index (χ4n) is 1.87. The molecule has 0 saturated heterocycles. The molecular formula is C13H14N4O2. The molecule has 1 aromatic carbocycles. The van der Waals surface area contributed by atoms with Crippen LogP contribution in [0.2, 0.25) is 0 Å². The lowest BCUT2D eigenvalue weighted by Crippen LogP contribution is -2.05. The Hall–Kier alpha value is -2.39. The summed E-state index contributed by atoms with van der Waals surface area (Å²) in [7, 11) is 1.58. The number of hydrogen-bond donors (Lipinski definition) is 1. The summed E-state index contributed by atoms with van der Waals surface area (Å²) in [5.74, 6) is 0.659. The molecule has 6 nitrogen and oxygen atoms in total. The second-order valence-electron chi connectivity index (χ2n) is 3.90. The topological polar surface area (TPSA) is 84.0 Å². The van der Waals surface area contributed by atoms with Crippen LogP contribution in [0, 0.1) is 11.3 Å². The van der Waals surface area contributed by atoms with Crippen LogP contribution < -0.4 is 4.74 Å². The second-order valence-corrected chi connectivity index (χ2v) is 3.90. The summed E-state index contributed by atoms with van der Waals surface area (Å²) in [5, 5.41) is 25.8. The van der Waals surface area contributed by atoms with E-state index >= 15 is 0 Å². The van der Waals surface area contributed by atoms with Crippen molar-refractivity contribution < 1.29 is 9.84 Å². The summed E-state index contributed by atoms with van der Waals surface area (Å²) < 4.78 is 6.92. The highest BCUT2D eigenvalue weighted by Crippen LogP contribution is 2.31. The number of nitriles is 1. The predicted octanol–water partition coefficient (Wildman–Crippen LogP) is 1.21. The molecule has 98 valence electrons.